The number of rotatable bonds is 7. The molecule has 0 aliphatic carbocycles. The van der Waals surface area contributed by atoms with Crippen molar-refractivity contribution in [3.05, 3.63) is 0 Å². The smallest absolute Gasteiger partial charge is 0.311 e. The van der Waals surface area contributed by atoms with Gasteiger partial charge in [-0.3, -0.25) is 9.59 Å². The van der Waals surface area contributed by atoms with Gasteiger partial charge in [0.25, 0.3) is 0 Å². The lowest BCUT2D eigenvalue weighted by Gasteiger charge is -2.49. The Kier molecular flexibility index (Phi) is 15.4. The number of aliphatic hydroxyl groups is 6. The Morgan fingerprint density at radius 2 is 1.51 bits per heavy atom. The van der Waals surface area contributed by atoms with E-state index in [2.05, 4.69) is 0 Å². The third-order valence-corrected chi connectivity index (χ3v) is 12.4. The second-order valence-electron chi connectivity index (χ2n) is 16.9. The Morgan fingerprint density at radius 3 is 2.06 bits per heavy atom. The zero-order chi connectivity index (χ0) is 40.5. The van der Waals surface area contributed by atoms with Crippen LogP contribution in [0.15, 0.2) is 0 Å². The van der Waals surface area contributed by atoms with Crippen molar-refractivity contribution in [2.45, 2.75) is 192 Å². The van der Waals surface area contributed by atoms with Crippen LogP contribution in [0.4, 0.5) is 0 Å². The van der Waals surface area contributed by atoms with Gasteiger partial charge < -0.3 is 64.0 Å². The fraction of sp³-hybridized carbons (Fsp3) is 0.947. The molecule has 3 fully saturated rings. The summed E-state index contributed by atoms with van der Waals surface area (Å²) in [7, 11) is 3.05. The summed E-state index contributed by atoms with van der Waals surface area (Å²) < 4.78 is 37.1. The van der Waals surface area contributed by atoms with Crippen LogP contribution in [0.2, 0.25) is 0 Å². The first-order valence-corrected chi connectivity index (χ1v) is 19.1. The number of carbonyl (C=O) groups is 2. The maximum Gasteiger partial charge on any atom is 0.311 e. The number of esters is 1. The third kappa shape index (κ3) is 9.91. The molecule has 3 saturated heterocycles. The summed E-state index contributed by atoms with van der Waals surface area (Å²) in [5.74, 6) is -4.61. The Labute approximate surface area is 315 Å². The van der Waals surface area contributed by atoms with Crippen molar-refractivity contribution in [1.82, 2.24) is 4.90 Å². The molecule has 15 heteroatoms. The van der Waals surface area contributed by atoms with Gasteiger partial charge >= 0.3 is 5.97 Å². The minimum Gasteiger partial charge on any atom is -0.459 e. The molecule has 0 aromatic heterocycles. The minimum atomic E-state index is -1.96. The molecule has 0 aromatic rings. The summed E-state index contributed by atoms with van der Waals surface area (Å²) >= 11 is 0. The Morgan fingerprint density at radius 1 is 0.906 bits per heavy atom. The van der Waals surface area contributed by atoms with Crippen LogP contribution >= 0.6 is 0 Å². The Hall–Kier alpha value is -1.50. The summed E-state index contributed by atoms with van der Waals surface area (Å²) in [6.45, 7) is 17.7. The number of cyclic esters (lactones) is 1. The molecule has 1 amide bonds. The molecule has 53 heavy (non-hydrogen) atoms. The fourth-order valence-corrected chi connectivity index (χ4v) is 8.69. The molecule has 0 unspecified atom stereocenters. The maximum atomic E-state index is 14.1. The van der Waals surface area contributed by atoms with Crippen LogP contribution < -0.4 is 0 Å². The van der Waals surface area contributed by atoms with Gasteiger partial charge in [-0.15, -0.1) is 0 Å². The average molecular weight is 764 g/mol. The number of amides is 1. The zero-order valence-electron chi connectivity index (χ0n) is 34.0. The number of hydrogen-bond acceptors (Lipinski definition) is 14. The highest BCUT2D eigenvalue weighted by Gasteiger charge is 2.53. The highest BCUT2D eigenvalue weighted by molar-refractivity contribution is 5.73. The second kappa shape index (κ2) is 17.7. The number of ether oxygens (including phenoxy) is 6. The molecule has 3 aliphatic rings. The zero-order valence-corrected chi connectivity index (χ0v) is 34.0. The van der Waals surface area contributed by atoms with E-state index in [1.54, 1.807) is 62.4 Å². The molecule has 0 bridgehead atoms. The molecule has 3 aliphatic heterocycles. The van der Waals surface area contributed by atoms with E-state index in [0.717, 1.165) is 0 Å². The van der Waals surface area contributed by atoms with Crippen LogP contribution in [0.5, 0.6) is 0 Å². The van der Waals surface area contributed by atoms with E-state index >= 15 is 0 Å². The number of methoxy groups -OCH3 is 1. The van der Waals surface area contributed by atoms with Gasteiger partial charge in [0, 0.05) is 39.3 Å². The quantitative estimate of drug-likeness (QED) is 0.203. The third-order valence-electron chi connectivity index (χ3n) is 12.4. The predicted molar refractivity (Wildman–Crippen MR) is 192 cm³/mol. The largest absolute Gasteiger partial charge is 0.459 e. The van der Waals surface area contributed by atoms with Gasteiger partial charge in [0.05, 0.1) is 59.8 Å². The van der Waals surface area contributed by atoms with Crippen molar-refractivity contribution in [3.63, 3.8) is 0 Å². The SMILES string of the molecule is CC[C@H]1OC(=O)[C@H](C)[C@@H](O[C@H]2C[C@@](C)(OC)[C@@H](O)[C@H](C)O2)[C@H](C)[C@@H](O[C@@H]2O[C@H](C)C[C@H](N(C)C(C)=O)[C@H]2O)[C@](C)(O)C[C@@H](C)[C@H](O)[C@H](C)[C@@H](O)[C@]1(C)O. The van der Waals surface area contributed by atoms with E-state index in [1.165, 1.54) is 32.8 Å². The van der Waals surface area contributed by atoms with Crippen molar-refractivity contribution < 1.29 is 68.6 Å². The summed E-state index contributed by atoms with van der Waals surface area (Å²) in [5.41, 5.74) is -4.84. The molecular formula is C38H69NO14. The van der Waals surface area contributed by atoms with Crippen LogP contribution in [0.1, 0.15) is 102 Å². The van der Waals surface area contributed by atoms with Crippen molar-refractivity contribution in [1.29, 1.82) is 0 Å². The highest BCUT2D eigenvalue weighted by Crippen LogP contribution is 2.41. The minimum absolute atomic E-state index is 0.0720. The fourth-order valence-electron chi connectivity index (χ4n) is 8.69. The lowest BCUT2D eigenvalue weighted by molar-refractivity contribution is -0.318. The van der Waals surface area contributed by atoms with Crippen LogP contribution in [-0.4, -0.2) is 152 Å². The van der Waals surface area contributed by atoms with Gasteiger partial charge in [-0.25, -0.2) is 0 Å². The van der Waals surface area contributed by atoms with Crippen molar-refractivity contribution in [3.8, 4) is 0 Å². The van der Waals surface area contributed by atoms with Crippen molar-refractivity contribution in [2.24, 2.45) is 23.7 Å². The molecular weight excluding hydrogens is 694 g/mol. The Bertz CT molecular complexity index is 1220. The van der Waals surface area contributed by atoms with Gasteiger partial charge in [0.15, 0.2) is 12.6 Å². The highest BCUT2D eigenvalue weighted by atomic mass is 16.7. The van der Waals surface area contributed by atoms with E-state index < -0.39 is 120 Å². The first kappa shape index (κ1) is 45.9. The van der Waals surface area contributed by atoms with E-state index in [9.17, 15) is 40.2 Å². The topological polar surface area (TPSA) is 214 Å². The van der Waals surface area contributed by atoms with Crippen molar-refractivity contribution >= 4 is 11.9 Å². The lowest BCUT2D eigenvalue weighted by Crippen LogP contribution is -2.61. The molecule has 3 heterocycles. The number of aliphatic hydroxyl groups excluding tert-OH is 4. The lowest BCUT2D eigenvalue weighted by atomic mass is 9.73. The van der Waals surface area contributed by atoms with E-state index in [1.807, 2.05) is 0 Å². The number of hydrogen-bond donors (Lipinski definition) is 6. The van der Waals surface area contributed by atoms with E-state index in [-0.39, 0.29) is 25.2 Å². The molecule has 6 N–H and O–H groups in total. The van der Waals surface area contributed by atoms with Gasteiger partial charge in [-0.05, 0) is 66.7 Å². The normalized spacial score (nSPS) is 49.5. The number of likely N-dealkylation sites (N-methyl/N-ethyl adjacent to an activating group) is 1. The average Bonchev–Trinajstić information content (AvgIpc) is 3.08. The monoisotopic (exact) mass is 763 g/mol. The summed E-state index contributed by atoms with van der Waals surface area (Å²) in [4.78, 5) is 27.9. The molecule has 0 spiro atoms. The van der Waals surface area contributed by atoms with Crippen LogP contribution in [0.3, 0.4) is 0 Å². The first-order chi connectivity index (χ1) is 24.3. The predicted octanol–water partition coefficient (Wildman–Crippen LogP) is 1.49. The molecule has 0 saturated carbocycles. The summed E-state index contributed by atoms with van der Waals surface area (Å²) in [5, 5.41) is 69.5. The van der Waals surface area contributed by atoms with Crippen molar-refractivity contribution in [2.75, 3.05) is 14.2 Å². The van der Waals surface area contributed by atoms with E-state index in [4.69, 9.17) is 28.4 Å². The van der Waals surface area contributed by atoms with Gasteiger partial charge in [-0.2, -0.15) is 0 Å². The van der Waals surface area contributed by atoms with Crippen LogP contribution in [-0.2, 0) is 38.0 Å². The van der Waals surface area contributed by atoms with Gasteiger partial charge in [0.2, 0.25) is 5.91 Å². The second-order valence-corrected chi connectivity index (χ2v) is 16.9. The molecule has 3 rings (SSSR count). The molecule has 15 nitrogen and oxygen atoms in total. The Balaban J connectivity index is 2.19. The molecule has 0 aromatic carbocycles. The first-order valence-electron chi connectivity index (χ1n) is 19.1. The van der Waals surface area contributed by atoms with E-state index in [0.29, 0.717) is 6.42 Å². The number of carbonyl (C=O) groups excluding carboxylic acids is 2. The molecule has 310 valence electrons. The van der Waals surface area contributed by atoms with Crippen LogP contribution in [0.25, 0.3) is 0 Å². The summed E-state index contributed by atoms with van der Waals surface area (Å²) in [6.07, 6.45) is -11.7. The van der Waals surface area contributed by atoms with Gasteiger partial charge in [0.1, 0.15) is 23.9 Å². The summed E-state index contributed by atoms with van der Waals surface area (Å²) in [6, 6.07) is -0.668. The number of nitrogens with zero attached hydrogens (tertiary/aromatic N) is 1. The molecule has 0 radical (unpaired) electrons. The standard InChI is InChI=1S/C38H69NO14/c1-14-26-38(11,47)31(43)20(4)28(41)18(2)16-36(9,46)33(53-35-29(42)25(15-19(3)49-35)39(12)24(8)40)21(5)30(22(6)34(45)51-26)52-27-17-37(10,48-13)32(44)23(7)50-27/h18-23,25-33,35,41-44,46-47H,14-17H2,1-13H3/t18-,19-,20+,21+,22-,23+,25+,26-,27+,28+,29-,30+,31-,32+,33-,35+,36-,37-,38-/m1/s1. The van der Waals surface area contributed by atoms with Gasteiger partial charge in [-0.1, -0.05) is 27.7 Å². The molecule has 19 atom stereocenters. The maximum absolute atomic E-state index is 14.1. The van der Waals surface area contributed by atoms with Crippen LogP contribution in [0, 0.1) is 23.7 Å².